The first-order valence-electron chi connectivity index (χ1n) is 26.7. The van der Waals surface area contributed by atoms with Gasteiger partial charge < -0.3 is 98.1 Å². The Hall–Kier alpha value is -5.12. The molecule has 480 valence electrons. The molecule has 4 unspecified atom stereocenters. The second-order valence-corrected chi connectivity index (χ2v) is 32.7. The summed E-state index contributed by atoms with van der Waals surface area (Å²) in [6.07, 6.45) is -4.91. The van der Waals surface area contributed by atoms with E-state index in [1.807, 2.05) is 0 Å². The molecule has 16 rings (SSSR count). The van der Waals surface area contributed by atoms with Gasteiger partial charge in [0.05, 0.1) is 75.9 Å². The van der Waals surface area contributed by atoms with Gasteiger partial charge in [0.15, 0.2) is 58.5 Å². The second kappa shape index (κ2) is 22.3. The lowest BCUT2D eigenvalue weighted by Gasteiger charge is -2.33. The van der Waals surface area contributed by atoms with Gasteiger partial charge >= 0.3 is 26.9 Å². The summed E-state index contributed by atoms with van der Waals surface area (Å²) in [6, 6.07) is 3.24. The number of nitrogen functional groups attached to an aromatic ring is 4. The number of fused-ring (bicyclic) bond motifs is 8. The van der Waals surface area contributed by atoms with Gasteiger partial charge in [-0.1, -0.05) is 10.4 Å². The van der Waals surface area contributed by atoms with Crippen LogP contribution in [-0.2, 0) is 112 Å². The van der Waals surface area contributed by atoms with Crippen molar-refractivity contribution >= 4 is 142 Å². The second-order valence-electron chi connectivity index (χ2n) is 21.6. The first-order chi connectivity index (χ1) is 42.8. The summed E-state index contributed by atoms with van der Waals surface area (Å²) in [5, 5.41) is 15.7. The zero-order valence-electron chi connectivity index (χ0n) is 45.4. The number of hydrogen-bond acceptors (Lipinski definition) is 34. The summed E-state index contributed by atoms with van der Waals surface area (Å²) in [5.41, 5.74) is 22.0. The lowest BCUT2D eigenvalue weighted by atomic mass is 10.0. The van der Waals surface area contributed by atoms with Gasteiger partial charge in [-0.25, -0.2) is 19.9 Å². The molecule has 8 aromatic heterocycles. The molecule has 8 aliphatic heterocycles. The van der Waals surface area contributed by atoms with Crippen LogP contribution in [0.3, 0.4) is 0 Å². The van der Waals surface area contributed by atoms with Crippen molar-refractivity contribution in [3.8, 4) is 0 Å². The third kappa shape index (κ3) is 10.8. The molecular formula is C42H48N20O20P4S4. The van der Waals surface area contributed by atoms with E-state index in [1.165, 1.54) is 34.4 Å². The summed E-state index contributed by atoms with van der Waals surface area (Å²) in [7, 11) is 0. The number of hydrogen-bond donors (Lipinski definition) is 10. The molecule has 40 nitrogen and oxygen atoms in total. The molecule has 14 N–H and O–H groups in total. The molecule has 0 amide bonds. The van der Waals surface area contributed by atoms with Crippen LogP contribution in [0, 0.1) is 0 Å². The molecule has 90 heavy (non-hydrogen) atoms. The van der Waals surface area contributed by atoms with Gasteiger partial charge in [0.2, 0.25) is 11.9 Å². The quantitative estimate of drug-likeness (QED) is 0.0912. The number of imidazole rings is 2. The van der Waals surface area contributed by atoms with Crippen molar-refractivity contribution in [2.75, 3.05) is 62.6 Å². The van der Waals surface area contributed by atoms with E-state index in [0.717, 1.165) is 0 Å². The Morgan fingerprint density at radius 2 is 0.944 bits per heavy atom. The summed E-state index contributed by atoms with van der Waals surface area (Å²) >= 11 is 21.6. The third-order valence-corrected chi connectivity index (χ3v) is 22.0. The van der Waals surface area contributed by atoms with Crippen LogP contribution in [0.4, 0.5) is 23.3 Å². The minimum absolute atomic E-state index is 0.00449. The minimum Gasteiger partial charge on any atom is -0.397 e. The highest BCUT2D eigenvalue weighted by atomic mass is 32.5. The highest BCUT2D eigenvalue weighted by Crippen LogP contribution is 2.61. The van der Waals surface area contributed by atoms with Crippen molar-refractivity contribution in [1.29, 1.82) is 0 Å². The molecule has 18 atom stereocenters. The fourth-order valence-electron chi connectivity index (χ4n) is 11.8. The normalized spacial score (nSPS) is 38.6. The Bertz CT molecular complexity index is 4270. The van der Waals surface area contributed by atoms with Crippen molar-refractivity contribution in [3.63, 3.8) is 0 Å². The maximum atomic E-state index is 12.3. The van der Waals surface area contributed by atoms with E-state index in [1.54, 1.807) is 21.3 Å². The van der Waals surface area contributed by atoms with Gasteiger partial charge in [-0.3, -0.25) is 37.7 Å². The number of pyridine rings is 2. The predicted octanol–water partition coefficient (Wildman–Crippen LogP) is -1.34. The third-order valence-electron chi connectivity index (χ3n) is 15.8. The van der Waals surface area contributed by atoms with Crippen LogP contribution in [0.15, 0.2) is 46.8 Å². The van der Waals surface area contributed by atoms with Gasteiger partial charge in [-0.2, -0.15) is 19.3 Å². The lowest BCUT2D eigenvalue weighted by molar-refractivity contribution is -0.183. The summed E-state index contributed by atoms with van der Waals surface area (Å²) < 4.78 is 89.9. The van der Waals surface area contributed by atoms with Crippen molar-refractivity contribution in [3.05, 3.63) is 57.9 Å². The Labute approximate surface area is 520 Å². The van der Waals surface area contributed by atoms with Crippen LogP contribution in [-0.4, -0.2) is 198 Å². The maximum Gasteiger partial charge on any atom is 0.325 e. The molecule has 0 aliphatic carbocycles. The van der Waals surface area contributed by atoms with E-state index >= 15 is 0 Å². The highest BCUT2D eigenvalue weighted by molar-refractivity contribution is 8.08. The van der Waals surface area contributed by atoms with Crippen LogP contribution >= 0.6 is 26.9 Å². The molecule has 8 aromatic rings. The standard InChI is InChI=1S/2C21H24N10O10P2S2/c2*22-9-1-2-24-15-11(9)25-7-30(15)19-13-14-21(39-19,5-35-13)6-37-43(34,45)40-10-3-8(4-36-42(33,44)41-14)38-18(10)31-16-12(28-29-31)17(32)27-20(23)26-16/h2*1-2,7-8,10,13-14,18-19H,3-6H2,(H2,22,24)(H,33,44)(H,34,45)(H3,23,26,27,32)/t2*8-,10+,13+,14-,18+,19+,21+,42?,43?/m00/s1. The Morgan fingerprint density at radius 3 is 1.37 bits per heavy atom. The number of aromatic amines is 2. The molecule has 8 aliphatic rings. The number of aromatic nitrogens is 16. The first-order valence-corrected chi connectivity index (χ1v) is 37.1. The van der Waals surface area contributed by atoms with Crippen molar-refractivity contribution in [1.82, 2.24) is 79.0 Å². The van der Waals surface area contributed by atoms with Crippen molar-refractivity contribution in [2.24, 2.45) is 0 Å². The molecule has 0 spiro atoms. The fourth-order valence-corrected chi connectivity index (χ4v) is 17.7. The van der Waals surface area contributed by atoms with E-state index in [4.69, 9.17) is 135 Å². The minimum atomic E-state index is -4.04. The van der Waals surface area contributed by atoms with Gasteiger partial charge in [0.1, 0.15) is 58.9 Å². The van der Waals surface area contributed by atoms with Crippen molar-refractivity contribution < 1.29 is 84.2 Å². The van der Waals surface area contributed by atoms with Gasteiger partial charge in [0, 0.05) is 25.2 Å². The molecular weight excluding hydrogens is 1360 g/mol. The van der Waals surface area contributed by atoms with Crippen molar-refractivity contribution in [2.45, 2.75) is 97.8 Å². The SMILES string of the molecule is Nc1nc2c(nnn2[C@@H]2O[C@@H]3COP(O)(=S)O[C@H]4[C@H]5OC[C@]4(COP(O)(=S)O[C@@H]2C3)O[C@H]5n2cnc3c(N)ccnc32)c(=O)[nH]1.Nc1nc2c(nnn2[C@@H]2O[C@@H]3COP(O)(=S)O[C@H]4[C@H]5OC[C@]4(COP(O)(=S)O[C@@H]2C3)O[C@H]5n2cnc3c(N)ccnc32)c(=O)[nH]1. The van der Waals surface area contributed by atoms with E-state index < -0.39 is 123 Å². The van der Waals surface area contributed by atoms with Crippen LogP contribution in [0.1, 0.15) is 37.8 Å². The maximum absolute atomic E-state index is 12.3. The summed E-state index contributed by atoms with van der Waals surface area (Å²) in [4.78, 5) is 99.9. The highest BCUT2D eigenvalue weighted by Gasteiger charge is 2.67. The largest absolute Gasteiger partial charge is 0.397 e. The fraction of sp³-hybridized carbons (Fsp3) is 0.524. The Balaban J connectivity index is 0.000000150. The predicted molar refractivity (Wildman–Crippen MR) is 316 cm³/mol. The van der Waals surface area contributed by atoms with E-state index in [2.05, 4.69) is 60.5 Å². The number of ether oxygens (including phenoxy) is 6. The van der Waals surface area contributed by atoms with Crippen LogP contribution in [0.25, 0.3) is 44.7 Å². The average Bonchev–Trinajstić information content (AvgIpc) is 1.57. The van der Waals surface area contributed by atoms with E-state index in [-0.39, 0.29) is 86.7 Å². The molecule has 0 radical (unpaired) electrons. The van der Waals surface area contributed by atoms with E-state index in [9.17, 15) is 29.2 Å². The molecule has 0 saturated carbocycles. The number of nitrogens with zero attached hydrogens (tertiary/aromatic N) is 14. The monoisotopic (exact) mass is 1400 g/mol. The molecule has 48 heteroatoms. The number of H-pyrrole nitrogens is 2. The van der Waals surface area contributed by atoms with Gasteiger partial charge in [-0.15, -0.1) is 10.2 Å². The Kier molecular flexibility index (Phi) is 15.1. The molecule has 16 heterocycles. The van der Waals surface area contributed by atoms with E-state index in [0.29, 0.717) is 33.7 Å². The summed E-state index contributed by atoms with van der Waals surface area (Å²) in [6.45, 7) is -17.4. The van der Waals surface area contributed by atoms with Crippen LogP contribution < -0.4 is 34.1 Å². The number of rotatable bonds is 4. The zero-order valence-corrected chi connectivity index (χ0v) is 52.2. The van der Waals surface area contributed by atoms with Gasteiger partial charge in [-0.05, 0) is 59.4 Å². The Morgan fingerprint density at radius 1 is 0.533 bits per heavy atom. The average molecular weight is 1410 g/mol. The molecule has 0 aromatic carbocycles. The zero-order chi connectivity index (χ0) is 62.6. The van der Waals surface area contributed by atoms with Crippen LogP contribution in [0.2, 0.25) is 0 Å². The molecule has 8 fully saturated rings. The number of nitrogens with one attached hydrogen (secondary N) is 2. The molecule has 8 bridgehead atoms. The van der Waals surface area contributed by atoms with Crippen LogP contribution in [0.5, 0.6) is 0 Å². The number of anilines is 4. The summed E-state index contributed by atoms with van der Waals surface area (Å²) in [5.74, 6) is -0.350. The smallest absolute Gasteiger partial charge is 0.325 e. The first kappa shape index (κ1) is 61.1. The number of nitrogens with two attached hydrogens (primary N) is 4. The topological polar surface area (TPSA) is 529 Å². The van der Waals surface area contributed by atoms with Gasteiger partial charge in [0.25, 0.3) is 11.1 Å². The molecule has 8 saturated heterocycles. The lowest BCUT2D eigenvalue weighted by Crippen LogP contribution is -2.45.